The van der Waals surface area contributed by atoms with Crippen LogP contribution in [0.1, 0.15) is 28.3 Å². The number of pyridine rings is 1. The zero-order valence-corrected chi connectivity index (χ0v) is 19.4. The molecule has 0 atom stereocenters. The molecule has 0 aliphatic carbocycles. The lowest BCUT2D eigenvalue weighted by atomic mass is 9.89. The van der Waals surface area contributed by atoms with Crippen LogP contribution < -0.4 is 9.47 Å². The lowest BCUT2D eigenvalue weighted by Crippen LogP contribution is -2.35. The van der Waals surface area contributed by atoms with Gasteiger partial charge in [0, 0.05) is 12.7 Å². The lowest BCUT2D eigenvalue weighted by Gasteiger charge is -2.28. The van der Waals surface area contributed by atoms with Crippen LogP contribution in [-0.2, 0) is 17.9 Å². The van der Waals surface area contributed by atoms with E-state index in [4.69, 9.17) is 9.47 Å². The first kappa shape index (κ1) is 23.1. The molecule has 1 aromatic heterocycles. The van der Waals surface area contributed by atoms with Gasteiger partial charge >= 0.3 is 0 Å². The Morgan fingerprint density at radius 3 is 1.94 bits per heavy atom. The van der Waals surface area contributed by atoms with Gasteiger partial charge in [-0.05, 0) is 41.0 Å². The van der Waals surface area contributed by atoms with Crippen molar-refractivity contribution in [2.45, 2.75) is 19.0 Å². The molecule has 0 aliphatic rings. The van der Waals surface area contributed by atoms with Crippen molar-refractivity contribution in [1.29, 1.82) is 0 Å². The Morgan fingerprint density at radius 2 is 1.38 bits per heavy atom. The van der Waals surface area contributed by atoms with Crippen LogP contribution in [0.2, 0.25) is 0 Å². The van der Waals surface area contributed by atoms with Crippen LogP contribution in [0.5, 0.6) is 11.5 Å². The number of nitrogens with zero attached hydrogens (tertiary/aromatic N) is 2. The topological polar surface area (TPSA) is 51.7 Å². The summed E-state index contributed by atoms with van der Waals surface area (Å²) in [4.78, 5) is 20.5. The maximum absolute atomic E-state index is 14.2. The van der Waals surface area contributed by atoms with Gasteiger partial charge in [-0.15, -0.1) is 0 Å². The zero-order valence-electron chi connectivity index (χ0n) is 19.4. The minimum atomic E-state index is -0.425. The number of hydrogen-bond acceptors (Lipinski definition) is 4. The second-order valence-electron chi connectivity index (χ2n) is 7.96. The summed E-state index contributed by atoms with van der Waals surface area (Å²) in [5.74, 6) is 0.872. The van der Waals surface area contributed by atoms with E-state index >= 15 is 0 Å². The number of benzene rings is 3. The number of amides is 1. The van der Waals surface area contributed by atoms with E-state index in [1.165, 1.54) is 0 Å². The summed E-state index contributed by atoms with van der Waals surface area (Å²) in [6, 6.07) is 31.3. The highest BCUT2D eigenvalue weighted by molar-refractivity contribution is 5.87. The SMILES string of the molecule is COc1ccc(CN(Cc2ccccn2)C(=O)C(c2ccccc2)c2ccccc2)cc1OC. The van der Waals surface area contributed by atoms with Crippen LogP contribution in [-0.4, -0.2) is 30.0 Å². The number of rotatable bonds is 9. The predicted molar refractivity (Wildman–Crippen MR) is 133 cm³/mol. The van der Waals surface area contributed by atoms with Crippen molar-refractivity contribution in [2.24, 2.45) is 0 Å². The fourth-order valence-corrected chi connectivity index (χ4v) is 4.05. The second-order valence-corrected chi connectivity index (χ2v) is 7.96. The zero-order chi connectivity index (χ0) is 23.8. The number of carbonyl (C=O) groups excluding carboxylic acids is 1. The molecule has 0 radical (unpaired) electrons. The van der Waals surface area contributed by atoms with Gasteiger partial charge in [0.05, 0.1) is 32.4 Å². The van der Waals surface area contributed by atoms with Crippen LogP contribution in [0.25, 0.3) is 0 Å². The normalized spacial score (nSPS) is 10.7. The first-order valence-electron chi connectivity index (χ1n) is 11.2. The van der Waals surface area contributed by atoms with E-state index in [-0.39, 0.29) is 5.91 Å². The average molecular weight is 453 g/mol. The Balaban J connectivity index is 1.73. The van der Waals surface area contributed by atoms with Crippen molar-refractivity contribution >= 4 is 5.91 Å². The minimum Gasteiger partial charge on any atom is -0.493 e. The molecule has 172 valence electrons. The molecule has 0 aliphatic heterocycles. The largest absolute Gasteiger partial charge is 0.493 e. The summed E-state index contributed by atoms with van der Waals surface area (Å²) in [5, 5.41) is 0. The number of methoxy groups -OCH3 is 2. The molecule has 1 amide bonds. The van der Waals surface area contributed by atoms with Gasteiger partial charge in [0.2, 0.25) is 5.91 Å². The van der Waals surface area contributed by atoms with Crippen LogP contribution >= 0.6 is 0 Å². The molecule has 5 heteroatoms. The highest BCUT2D eigenvalue weighted by Gasteiger charge is 2.28. The van der Waals surface area contributed by atoms with Crippen molar-refractivity contribution in [3.8, 4) is 11.5 Å². The predicted octanol–water partition coefficient (Wildman–Crippen LogP) is 5.46. The van der Waals surface area contributed by atoms with Gasteiger partial charge in [-0.25, -0.2) is 0 Å². The van der Waals surface area contributed by atoms with Crippen molar-refractivity contribution in [2.75, 3.05) is 14.2 Å². The number of aromatic nitrogens is 1. The monoisotopic (exact) mass is 452 g/mol. The summed E-state index contributed by atoms with van der Waals surface area (Å²) >= 11 is 0. The third-order valence-corrected chi connectivity index (χ3v) is 5.72. The van der Waals surface area contributed by atoms with E-state index in [1.54, 1.807) is 20.4 Å². The Morgan fingerprint density at radius 1 is 0.765 bits per heavy atom. The lowest BCUT2D eigenvalue weighted by molar-refractivity contribution is -0.133. The fourth-order valence-electron chi connectivity index (χ4n) is 4.05. The van der Waals surface area contributed by atoms with Gasteiger partial charge in [-0.1, -0.05) is 72.8 Å². The summed E-state index contributed by atoms with van der Waals surface area (Å²) in [6.07, 6.45) is 1.75. The molecule has 34 heavy (non-hydrogen) atoms. The van der Waals surface area contributed by atoms with Crippen LogP contribution in [0.4, 0.5) is 0 Å². The van der Waals surface area contributed by atoms with Crippen LogP contribution in [0.15, 0.2) is 103 Å². The average Bonchev–Trinajstić information content (AvgIpc) is 2.90. The maximum atomic E-state index is 14.2. The van der Waals surface area contributed by atoms with Gasteiger partial charge in [0.1, 0.15) is 0 Å². The number of hydrogen-bond donors (Lipinski definition) is 0. The quantitative estimate of drug-likeness (QED) is 0.338. The molecule has 1 heterocycles. The molecule has 0 saturated heterocycles. The molecule has 5 nitrogen and oxygen atoms in total. The number of carbonyl (C=O) groups is 1. The van der Waals surface area contributed by atoms with Gasteiger partial charge in [0.25, 0.3) is 0 Å². The number of ether oxygens (including phenoxy) is 2. The Labute approximate surface area is 200 Å². The van der Waals surface area contributed by atoms with E-state index in [0.29, 0.717) is 24.6 Å². The molecule has 4 aromatic rings. The standard InChI is InChI=1S/C29H28N2O3/c1-33-26-17-16-22(19-27(26)34-2)20-31(21-25-15-9-10-18-30-25)29(32)28(23-11-5-3-6-12-23)24-13-7-4-8-14-24/h3-19,28H,20-21H2,1-2H3. The summed E-state index contributed by atoms with van der Waals surface area (Å²) in [6.45, 7) is 0.802. The first-order valence-corrected chi connectivity index (χ1v) is 11.2. The highest BCUT2D eigenvalue weighted by Crippen LogP contribution is 2.31. The molecule has 0 N–H and O–H groups in total. The van der Waals surface area contributed by atoms with E-state index in [9.17, 15) is 4.79 Å². The van der Waals surface area contributed by atoms with Crippen molar-refractivity contribution in [3.05, 3.63) is 126 Å². The minimum absolute atomic E-state index is 0.0119. The van der Waals surface area contributed by atoms with Crippen molar-refractivity contribution in [3.63, 3.8) is 0 Å². The molecule has 0 saturated carbocycles. The van der Waals surface area contributed by atoms with E-state index in [1.807, 2.05) is 102 Å². The Hall–Kier alpha value is -4.12. The van der Waals surface area contributed by atoms with Gasteiger partial charge in [-0.3, -0.25) is 9.78 Å². The van der Waals surface area contributed by atoms with Crippen LogP contribution in [0.3, 0.4) is 0 Å². The highest BCUT2D eigenvalue weighted by atomic mass is 16.5. The molecular weight excluding hydrogens is 424 g/mol. The molecular formula is C29H28N2O3. The smallest absolute Gasteiger partial charge is 0.235 e. The molecule has 0 spiro atoms. The molecule has 0 unspecified atom stereocenters. The fraction of sp³-hybridized carbons (Fsp3) is 0.172. The third-order valence-electron chi connectivity index (χ3n) is 5.72. The second kappa shape index (κ2) is 11.1. The van der Waals surface area contributed by atoms with Crippen LogP contribution in [0, 0.1) is 0 Å². The Kier molecular flexibility index (Phi) is 7.56. The maximum Gasteiger partial charge on any atom is 0.235 e. The summed E-state index contributed by atoms with van der Waals surface area (Å²) in [7, 11) is 3.22. The summed E-state index contributed by atoms with van der Waals surface area (Å²) < 4.78 is 10.9. The van der Waals surface area contributed by atoms with Crippen molar-refractivity contribution < 1.29 is 14.3 Å². The third kappa shape index (κ3) is 5.44. The van der Waals surface area contributed by atoms with E-state index < -0.39 is 5.92 Å². The van der Waals surface area contributed by atoms with E-state index in [0.717, 1.165) is 22.4 Å². The molecule has 4 rings (SSSR count). The van der Waals surface area contributed by atoms with E-state index in [2.05, 4.69) is 4.98 Å². The van der Waals surface area contributed by atoms with Gasteiger partial charge in [-0.2, -0.15) is 0 Å². The van der Waals surface area contributed by atoms with Gasteiger partial charge in [0.15, 0.2) is 11.5 Å². The Bertz CT molecular complexity index is 1160. The molecule has 3 aromatic carbocycles. The van der Waals surface area contributed by atoms with Gasteiger partial charge < -0.3 is 14.4 Å². The van der Waals surface area contributed by atoms with Crippen molar-refractivity contribution in [1.82, 2.24) is 9.88 Å². The first-order chi connectivity index (χ1) is 16.7. The summed E-state index contributed by atoms with van der Waals surface area (Å²) in [5.41, 5.74) is 3.69. The molecule has 0 bridgehead atoms. The molecule has 0 fully saturated rings.